The lowest BCUT2D eigenvalue weighted by molar-refractivity contribution is -0.119. The number of halogens is 2. The number of benzene rings is 1. The number of sulfone groups is 1. The average Bonchev–Trinajstić information content (AvgIpc) is 3.00. The largest absolute Gasteiger partial charge is 0.348 e. The zero-order valence-electron chi connectivity index (χ0n) is 13.0. The Bertz CT molecular complexity index is 670. The number of rotatable bonds is 6. The second-order valence-corrected chi connectivity index (χ2v) is 8.19. The highest BCUT2D eigenvalue weighted by Crippen LogP contribution is 2.25. The monoisotopic (exact) mass is 345 g/mol. The Morgan fingerprint density at radius 1 is 1.30 bits per heavy atom. The molecule has 0 saturated heterocycles. The first kappa shape index (κ1) is 17.8. The minimum absolute atomic E-state index is 0.153. The van der Waals surface area contributed by atoms with Crippen molar-refractivity contribution in [2.45, 2.75) is 50.3 Å². The number of nitrogens with one attached hydrogen (secondary N) is 1. The van der Waals surface area contributed by atoms with Gasteiger partial charge in [-0.05, 0) is 25.3 Å². The van der Waals surface area contributed by atoms with Gasteiger partial charge in [0.2, 0.25) is 5.91 Å². The molecule has 0 radical (unpaired) electrons. The summed E-state index contributed by atoms with van der Waals surface area (Å²) in [5.74, 6) is -2.68. The van der Waals surface area contributed by atoms with Crippen molar-refractivity contribution in [1.29, 1.82) is 0 Å². The third-order valence-corrected chi connectivity index (χ3v) is 6.38. The molecule has 1 aliphatic rings. The van der Waals surface area contributed by atoms with Crippen LogP contribution in [-0.2, 0) is 14.6 Å². The van der Waals surface area contributed by atoms with Crippen LogP contribution in [0.3, 0.4) is 0 Å². The van der Waals surface area contributed by atoms with Crippen LogP contribution in [0.1, 0.15) is 50.6 Å². The molecular weight excluding hydrogens is 324 g/mol. The number of carbonyl (C=O) groups excluding carboxylic acids is 1. The highest BCUT2D eigenvalue weighted by atomic mass is 32.2. The Kier molecular flexibility index (Phi) is 5.73. The molecule has 0 aromatic heterocycles. The summed E-state index contributed by atoms with van der Waals surface area (Å²) in [5, 5.41) is 2.09. The van der Waals surface area contributed by atoms with Crippen molar-refractivity contribution >= 4 is 15.7 Å². The molecule has 0 spiro atoms. The predicted molar refractivity (Wildman–Crippen MR) is 83.6 cm³/mol. The van der Waals surface area contributed by atoms with E-state index in [1.807, 2.05) is 0 Å². The zero-order valence-corrected chi connectivity index (χ0v) is 13.8. The summed E-state index contributed by atoms with van der Waals surface area (Å²) in [7, 11) is -3.48. The van der Waals surface area contributed by atoms with Gasteiger partial charge in [-0.3, -0.25) is 4.79 Å². The molecule has 128 valence electrons. The molecule has 4 nitrogen and oxygen atoms in total. The molecule has 0 bridgehead atoms. The molecule has 0 aliphatic heterocycles. The topological polar surface area (TPSA) is 63.2 Å². The molecule has 1 amide bonds. The van der Waals surface area contributed by atoms with Crippen LogP contribution in [0.5, 0.6) is 0 Å². The van der Waals surface area contributed by atoms with Gasteiger partial charge in [-0.1, -0.05) is 25.8 Å². The lowest BCUT2D eigenvalue weighted by Gasteiger charge is -2.19. The molecule has 1 N–H and O–H groups in total. The maximum Gasteiger partial charge on any atom is 0.235 e. The summed E-state index contributed by atoms with van der Waals surface area (Å²) in [5.41, 5.74) is 0.153. The van der Waals surface area contributed by atoms with Crippen LogP contribution in [0.2, 0.25) is 0 Å². The van der Waals surface area contributed by atoms with E-state index in [1.54, 1.807) is 6.92 Å². The van der Waals surface area contributed by atoms with Crippen molar-refractivity contribution in [3.63, 3.8) is 0 Å². The first-order chi connectivity index (χ1) is 10.8. The summed E-state index contributed by atoms with van der Waals surface area (Å²) in [4.78, 5) is 12.0. The molecule has 1 saturated carbocycles. The Labute approximate surface area is 135 Å². The molecule has 2 rings (SSSR count). The molecule has 1 unspecified atom stereocenters. The van der Waals surface area contributed by atoms with Gasteiger partial charge in [0.15, 0.2) is 9.84 Å². The predicted octanol–water partition coefficient (Wildman–Crippen LogP) is 2.89. The second-order valence-electron chi connectivity index (χ2n) is 5.91. The summed E-state index contributed by atoms with van der Waals surface area (Å²) in [6.07, 6.45) is 3.30. The molecule has 1 aliphatic carbocycles. The summed E-state index contributed by atoms with van der Waals surface area (Å²) < 4.78 is 51.1. The van der Waals surface area contributed by atoms with Crippen LogP contribution >= 0.6 is 0 Å². The summed E-state index contributed by atoms with van der Waals surface area (Å²) in [6, 6.07) is 2.45. The van der Waals surface area contributed by atoms with E-state index in [9.17, 15) is 22.0 Å². The van der Waals surface area contributed by atoms with Crippen LogP contribution in [-0.4, -0.2) is 25.3 Å². The molecule has 1 aromatic carbocycles. The van der Waals surface area contributed by atoms with E-state index in [-0.39, 0.29) is 5.56 Å². The second kappa shape index (κ2) is 7.38. The van der Waals surface area contributed by atoms with Crippen molar-refractivity contribution in [3.05, 3.63) is 35.4 Å². The number of hydrogen-bond acceptors (Lipinski definition) is 3. The van der Waals surface area contributed by atoms with E-state index in [0.717, 1.165) is 25.0 Å². The standard InChI is InChI=1S/C16H21F2NO3S/c1-2-15(13-8-7-11(17)9-14(13)18)19-16(20)10-23(21,22)12-5-3-4-6-12/h7-9,12,15H,2-6,10H2,1H3,(H,19,20). The van der Waals surface area contributed by atoms with Gasteiger partial charge in [-0.2, -0.15) is 0 Å². The number of hydrogen-bond donors (Lipinski definition) is 1. The van der Waals surface area contributed by atoms with Gasteiger partial charge < -0.3 is 5.32 Å². The Morgan fingerprint density at radius 3 is 2.52 bits per heavy atom. The van der Waals surface area contributed by atoms with Gasteiger partial charge in [0.25, 0.3) is 0 Å². The first-order valence-electron chi connectivity index (χ1n) is 7.79. The lowest BCUT2D eigenvalue weighted by Crippen LogP contribution is -2.36. The van der Waals surface area contributed by atoms with Gasteiger partial charge in [0, 0.05) is 11.6 Å². The van der Waals surface area contributed by atoms with Crippen molar-refractivity contribution < 1.29 is 22.0 Å². The maximum atomic E-state index is 13.8. The van der Waals surface area contributed by atoms with Crippen molar-refractivity contribution in [1.82, 2.24) is 5.32 Å². The van der Waals surface area contributed by atoms with Crippen LogP contribution in [0.4, 0.5) is 8.78 Å². The average molecular weight is 345 g/mol. The third kappa shape index (κ3) is 4.50. The molecule has 1 aromatic rings. The molecule has 1 fully saturated rings. The summed E-state index contributed by atoms with van der Waals surface area (Å²) >= 11 is 0. The van der Waals surface area contributed by atoms with Gasteiger partial charge in [-0.15, -0.1) is 0 Å². The molecule has 23 heavy (non-hydrogen) atoms. The normalized spacial score (nSPS) is 17.2. The van der Waals surface area contributed by atoms with E-state index >= 15 is 0 Å². The van der Waals surface area contributed by atoms with Crippen LogP contribution in [0.15, 0.2) is 18.2 Å². The Morgan fingerprint density at radius 2 is 1.96 bits per heavy atom. The minimum atomic E-state index is -3.48. The van der Waals surface area contributed by atoms with Crippen LogP contribution in [0.25, 0.3) is 0 Å². The van der Waals surface area contributed by atoms with Crippen molar-refractivity contribution in [2.24, 2.45) is 0 Å². The highest BCUT2D eigenvalue weighted by molar-refractivity contribution is 7.92. The van der Waals surface area contributed by atoms with Crippen LogP contribution < -0.4 is 5.32 Å². The quantitative estimate of drug-likeness (QED) is 0.862. The highest BCUT2D eigenvalue weighted by Gasteiger charge is 2.31. The van der Waals surface area contributed by atoms with E-state index in [4.69, 9.17) is 0 Å². The fourth-order valence-electron chi connectivity index (χ4n) is 2.97. The van der Waals surface area contributed by atoms with E-state index in [0.29, 0.717) is 19.3 Å². The lowest BCUT2D eigenvalue weighted by atomic mass is 10.0. The molecule has 1 atom stereocenters. The van der Waals surface area contributed by atoms with Crippen molar-refractivity contribution in [2.75, 3.05) is 5.75 Å². The SMILES string of the molecule is CCC(NC(=O)CS(=O)(=O)C1CCCC1)c1ccc(F)cc1F. The first-order valence-corrected chi connectivity index (χ1v) is 9.51. The van der Waals surface area contributed by atoms with Gasteiger partial charge in [-0.25, -0.2) is 17.2 Å². The van der Waals surface area contributed by atoms with E-state index in [2.05, 4.69) is 5.32 Å². The van der Waals surface area contributed by atoms with E-state index < -0.39 is 44.4 Å². The van der Waals surface area contributed by atoms with Crippen LogP contribution in [0, 0.1) is 11.6 Å². The van der Waals surface area contributed by atoms with Gasteiger partial charge in [0.05, 0.1) is 11.3 Å². The molecular formula is C16H21F2NO3S. The maximum absolute atomic E-state index is 13.8. The Balaban J connectivity index is 2.05. The minimum Gasteiger partial charge on any atom is -0.348 e. The third-order valence-electron chi connectivity index (χ3n) is 4.22. The van der Waals surface area contributed by atoms with Gasteiger partial charge in [0.1, 0.15) is 17.4 Å². The zero-order chi connectivity index (χ0) is 17.0. The van der Waals surface area contributed by atoms with Gasteiger partial charge >= 0.3 is 0 Å². The molecule has 7 heteroatoms. The number of amides is 1. The smallest absolute Gasteiger partial charge is 0.235 e. The Hall–Kier alpha value is -1.50. The van der Waals surface area contributed by atoms with Crippen molar-refractivity contribution in [3.8, 4) is 0 Å². The fourth-order valence-corrected chi connectivity index (χ4v) is 4.70. The van der Waals surface area contributed by atoms with E-state index in [1.165, 1.54) is 6.07 Å². The summed E-state index contributed by atoms with van der Waals surface area (Å²) in [6.45, 7) is 1.74. The fraction of sp³-hybridized carbons (Fsp3) is 0.562. The number of carbonyl (C=O) groups is 1. The molecule has 0 heterocycles.